The number of nitrogens with zero attached hydrogens (tertiary/aromatic N) is 3. The number of hydrogen-bond donors (Lipinski definition) is 1. The zero-order valence-electron chi connectivity index (χ0n) is 14.3. The Bertz CT molecular complexity index is 919. The van der Waals surface area contributed by atoms with E-state index in [1.54, 1.807) is 35.1 Å². The van der Waals surface area contributed by atoms with Gasteiger partial charge in [0.15, 0.2) is 5.69 Å². The molecule has 132 valence electrons. The maximum absolute atomic E-state index is 13.3. The highest BCUT2D eigenvalue weighted by Gasteiger charge is 2.25. The Morgan fingerprint density at radius 3 is 2.62 bits per heavy atom. The number of carbonyl (C=O) groups excluding carboxylic acids is 1. The Hall–Kier alpha value is -3.02. The van der Waals surface area contributed by atoms with Crippen LogP contribution in [0.3, 0.4) is 0 Å². The first-order valence-electron chi connectivity index (χ1n) is 8.81. The van der Waals surface area contributed by atoms with Gasteiger partial charge in [0.2, 0.25) is 0 Å². The van der Waals surface area contributed by atoms with Crippen LogP contribution in [0.5, 0.6) is 0 Å². The molecule has 1 aromatic carbocycles. The number of hydrogen-bond acceptors (Lipinski definition) is 3. The minimum atomic E-state index is -0.292. The summed E-state index contributed by atoms with van der Waals surface area (Å²) in [6, 6.07) is 11.6. The SMILES string of the molecule is O=C(Nc1ccccn1)c1nn(-c2ccc(F)cc2)c2c1CCCCC2. The molecule has 1 N–H and O–H groups in total. The lowest BCUT2D eigenvalue weighted by Crippen LogP contribution is -2.15. The van der Waals surface area contributed by atoms with Gasteiger partial charge >= 0.3 is 0 Å². The van der Waals surface area contributed by atoms with Gasteiger partial charge in [-0.05, 0) is 62.1 Å². The number of amides is 1. The van der Waals surface area contributed by atoms with Crippen molar-refractivity contribution in [1.29, 1.82) is 0 Å². The zero-order valence-corrected chi connectivity index (χ0v) is 14.3. The molecule has 6 heteroatoms. The second-order valence-corrected chi connectivity index (χ2v) is 6.39. The largest absolute Gasteiger partial charge is 0.305 e. The van der Waals surface area contributed by atoms with Gasteiger partial charge in [-0.15, -0.1) is 0 Å². The summed E-state index contributed by atoms with van der Waals surface area (Å²) in [5.41, 5.74) is 3.22. The molecule has 0 unspecified atom stereocenters. The number of anilines is 1. The summed E-state index contributed by atoms with van der Waals surface area (Å²) in [5, 5.41) is 7.40. The quantitative estimate of drug-likeness (QED) is 0.728. The van der Waals surface area contributed by atoms with Gasteiger partial charge in [-0.1, -0.05) is 12.5 Å². The summed E-state index contributed by atoms with van der Waals surface area (Å²) in [7, 11) is 0. The van der Waals surface area contributed by atoms with Gasteiger partial charge < -0.3 is 5.32 Å². The standard InChI is InChI=1S/C20H19FN4O/c21-14-9-11-15(12-10-14)25-17-7-3-1-2-6-16(17)19(24-25)20(26)23-18-8-4-5-13-22-18/h4-5,8-13H,1-3,6-7H2,(H,22,23,26). The Kier molecular flexibility index (Phi) is 4.48. The normalized spacial score (nSPS) is 13.7. The van der Waals surface area contributed by atoms with Crippen molar-refractivity contribution in [2.75, 3.05) is 5.32 Å². The minimum absolute atomic E-state index is 0.261. The lowest BCUT2D eigenvalue weighted by Gasteiger charge is -2.07. The van der Waals surface area contributed by atoms with Gasteiger partial charge in [0.25, 0.3) is 5.91 Å². The second kappa shape index (κ2) is 7.07. The number of fused-ring (bicyclic) bond motifs is 1. The fraction of sp³-hybridized carbons (Fsp3) is 0.250. The molecule has 0 aliphatic heterocycles. The highest BCUT2D eigenvalue weighted by atomic mass is 19.1. The van der Waals surface area contributed by atoms with Crippen molar-refractivity contribution in [3.05, 3.63) is 71.4 Å². The van der Waals surface area contributed by atoms with Crippen LogP contribution in [-0.2, 0) is 12.8 Å². The zero-order chi connectivity index (χ0) is 17.9. The van der Waals surface area contributed by atoms with Gasteiger partial charge in [-0.25, -0.2) is 14.1 Å². The third kappa shape index (κ3) is 3.22. The van der Waals surface area contributed by atoms with Crippen molar-refractivity contribution in [2.24, 2.45) is 0 Å². The van der Waals surface area contributed by atoms with Crippen molar-refractivity contribution in [3.63, 3.8) is 0 Å². The van der Waals surface area contributed by atoms with Crippen LogP contribution in [0.25, 0.3) is 5.69 Å². The molecule has 0 bridgehead atoms. The van der Waals surface area contributed by atoms with Crippen LogP contribution in [0, 0.1) is 5.82 Å². The molecule has 0 spiro atoms. The van der Waals surface area contributed by atoms with E-state index in [4.69, 9.17) is 0 Å². The van der Waals surface area contributed by atoms with Crippen LogP contribution >= 0.6 is 0 Å². The van der Waals surface area contributed by atoms with Crippen LogP contribution in [0.15, 0.2) is 48.7 Å². The number of nitrogens with one attached hydrogen (secondary N) is 1. The van der Waals surface area contributed by atoms with Gasteiger partial charge in [-0.2, -0.15) is 5.10 Å². The molecule has 0 fully saturated rings. The minimum Gasteiger partial charge on any atom is -0.305 e. The van der Waals surface area contributed by atoms with Crippen LogP contribution < -0.4 is 5.32 Å². The third-order valence-electron chi connectivity index (χ3n) is 4.62. The first-order valence-corrected chi connectivity index (χ1v) is 8.81. The number of aromatic nitrogens is 3. The van der Waals surface area contributed by atoms with E-state index in [1.807, 2.05) is 6.07 Å². The molecule has 1 aliphatic carbocycles. The average molecular weight is 350 g/mol. The molecule has 4 rings (SSSR count). The highest BCUT2D eigenvalue weighted by Crippen LogP contribution is 2.27. The molecule has 26 heavy (non-hydrogen) atoms. The predicted octanol–water partition coefficient (Wildman–Crippen LogP) is 3.93. The van der Waals surface area contributed by atoms with Crippen LogP contribution in [0.4, 0.5) is 10.2 Å². The second-order valence-electron chi connectivity index (χ2n) is 6.39. The topological polar surface area (TPSA) is 59.8 Å². The molecular weight excluding hydrogens is 331 g/mol. The number of benzene rings is 1. The van der Waals surface area contributed by atoms with Crippen LogP contribution in [0.2, 0.25) is 0 Å². The fourth-order valence-electron chi connectivity index (χ4n) is 3.37. The maximum Gasteiger partial charge on any atom is 0.277 e. The Morgan fingerprint density at radius 2 is 1.85 bits per heavy atom. The van der Waals surface area contributed by atoms with Gasteiger partial charge in [0.1, 0.15) is 11.6 Å². The Balaban J connectivity index is 1.74. The summed E-state index contributed by atoms with van der Waals surface area (Å²) >= 11 is 0. The summed E-state index contributed by atoms with van der Waals surface area (Å²) in [4.78, 5) is 17.0. The molecule has 0 saturated carbocycles. The molecule has 2 aromatic heterocycles. The van der Waals surface area contributed by atoms with E-state index in [0.29, 0.717) is 11.5 Å². The predicted molar refractivity (Wildman–Crippen MR) is 97.0 cm³/mol. The van der Waals surface area contributed by atoms with E-state index < -0.39 is 0 Å². The molecule has 1 aliphatic rings. The molecule has 5 nitrogen and oxygen atoms in total. The molecule has 1 amide bonds. The molecular formula is C20H19FN4O. The van der Waals surface area contributed by atoms with Crippen molar-refractivity contribution < 1.29 is 9.18 Å². The molecule has 2 heterocycles. The first kappa shape index (κ1) is 16.4. The lowest BCUT2D eigenvalue weighted by molar-refractivity contribution is 0.102. The smallest absolute Gasteiger partial charge is 0.277 e. The molecule has 3 aromatic rings. The number of halogens is 1. The average Bonchev–Trinajstić information content (AvgIpc) is 2.85. The molecule has 0 saturated heterocycles. The first-order chi connectivity index (χ1) is 12.7. The van der Waals surface area contributed by atoms with Crippen molar-refractivity contribution >= 4 is 11.7 Å². The third-order valence-corrected chi connectivity index (χ3v) is 4.62. The van der Waals surface area contributed by atoms with Crippen molar-refractivity contribution in [1.82, 2.24) is 14.8 Å². The van der Waals surface area contributed by atoms with Gasteiger partial charge in [0, 0.05) is 17.5 Å². The summed E-state index contributed by atoms with van der Waals surface area (Å²) in [5.74, 6) is -0.0565. The van der Waals surface area contributed by atoms with E-state index >= 15 is 0 Å². The van der Waals surface area contributed by atoms with Crippen LogP contribution in [-0.4, -0.2) is 20.7 Å². The van der Waals surface area contributed by atoms with Crippen molar-refractivity contribution in [2.45, 2.75) is 32.1 Å². The Labute approximate surface area is 150 Å². The maximum atomic E-state index is 13.3. The molecule has 0 atom stereocenters. The van der Waals surface area contributed by atoms with E-state index in [9.17, 15) is 9.18 Å². The summed E-state index contributed by atoms with van der Waals surface area (Å²) in [6.45, 7) is 0. The van der Waals surface area contributed by atoms with Crippen LogP contribution in [0.1, 0.15) is 41.0 Å². The summed E-state index contributed by atoms with van der Waals surface area (Å²) in [6.07, 6.45) is 6.53. The highest BCUT2D eigenvalue weighted by molar-refractivity contribution is 6.03. The lowest BCUT2D eigenvalue weighted by atomic mass is 10.1. The van der Waals surface area contributed by atoms with E-state index in [1.165, 1.54) is 12.1 Å². The van der Waals surface area contributed by atoms with Gasteiger partial charge in [-0.3, -0.25) is 4.79 Å². The monoisotopic (exact) mass is 350 g/mol. The van der Waals surface area contributed by atoms with Gasteiger partial charge in [0.05, 0.1) is 5.69 Å². The number of rotatable bonds is 3. The van der Waals surface area contributed by atoms with E-state index in [0.717, 1.165) is 49.0 Å². The fourth-order valence-corrected chi connectivity index (χ4v) is 3.37. The molecule has 0 radical (unpaired) electrons. The number of pyridine rings is 1. The van der Waals surface area contributed by atoms with E-state index in [-0.39, 0.29) is 11.7 Å². The van der Waals surface area contributed by atoms with E-state index in [2.05, 4.69) is 15.4 Å². The van der Waals surface area contributed by atoms with Crippen molar-refractivity contribution in [3.8, 4) is 5.69 Å². The Morgan fingerprint density at radius 1 is 1.04 bits per heavy atom. The number of carbonyl (C=O) groups is 1. The summed E-state index contributed by atoms with van der Waals surface area (Å²) < 4.78 is 15.1.